The van der Waals surface area contributed by atoms with Gasteiger partial charge in [0.1, 0.15) is 5.75 Å². The minimum absolute atomic E-state index is 0.166. The van der Waals surface area contributed by atoms with Gasteiger partial charge in [0, 0.05) is 29.9 Å². The molecule has 1 amide bonds. The summed E-state index contributed by atoms with van der Waals surface area (Å²) >= 11 is 3.53. The summed E-state index contributed by atoms with van der Waals surface area (Å²) in [4.78, 5) is 14.7. The van der Waals surface area contributed by atoms with E-state index in [0.29, 0.717) is 6.04 Å². The van der Waals surface area contributed by atoms with Crippen LogP contribution in [-0.2, 0) is 6.42 Å². The molecule has 102 valence electrons. The van der Waals surface area contributed by atoms with Crippen LogP contribution in [0.4, 0.5) is 0 Å². The fourth-order valence-electron chi connectivity index (χ4n) is 2.91. The first-order chi connectivity index (χ1) is 9.29. The summed E-state index contributed by atoms with van der Waals surface area (Å²) in [7, 11) is 0. The maximum absolute atomic E-state index is 12.6. The number of carbonyl (C=O) groups is 1. The molecule has 1 saturated heterocycles. The third kappa shape index (κ3) is 2.50. The molecule has 1 atom stereocenters. The van der Waals surface area contributed by atoms with Gasteiger partial charge in [-0.15, -0.1) is 0 Å². The predicted octanol–water partition coefficient (Wildman–Crippen LogP) is 3.01. The number of halogens is 1. The monoisotopic (exact) mass is 323 g/mol. The SMILES string of the molecule is O=C(c1ccc2c(c1)CCO2)N1CCCCC1CBr. The van der Waals surface area contributed by atoms with E-state index in [2.05, 4.69) is 15.9 Å². The minimum Gasteiger partial charge on any atom is -0.493 e. The molecular weight excluding hydrogens is 306 g/mol. The molecule has 0 spiro atoms. The molecule has 1 aromatic rings. The first-order valence-corrected chi connectivity index (χ1v) is 8.04. The van der Waals surface area contributed by atoms with Crippen molar-refractivity contribution in [2.24, 2.45) is 0 Å². The molecule has 0 radical (unpaired) electrons. The Bertz CT molecular complexity index is 489. The molecule has 2 aliphatic rings. The van der Waals surface area contributed by atoms with E-state index in [1.165, 1.54) is 12.0 Å². The standard InChI is InChI=1S/C15H18BrNO2/c16-10-13-3-1-2-7-17(13)15(18)12-4-5-14-11(9-12)6-8-19-14/h4-5,9,13H,1-3,6-8,10H2. The van der Waals surface area contributed by atoms with Crippen LogP contribution in [-0.4, -0.2) is 35.3 Å². The minimum atomic E-state index is 0.166. The van der Waals surface area contributed by atoms with Gasteiger partial charge >= 0.3 is 0 Å². The number of hydrogen-bond donors (Lipinski definition) is 0. The quantitative estimate of drug-likeness (QED) is 0.783. The van der Waals surface area contributed by atoms with Gasteiger partial charge in [0.2, 0.25) is 0 Å². The molecule has 1 fully saturated rings. The fraction of sp³-hybridized carbons (Fsp3) is 0.533. The summed E-state index contributed by atoms with van der Waals surface area (Å²) in [6.07, 6.45) is 4.35. The van der Waals surface area contributed by atoms with E-state index in [9.17, 15) is 4.79 Å². The van der Waals surface area contributed by atoms with E-state index >= 15 is 0 Å². The molecular formula is C15H18BrNO2. The lowest BCUT2D eigenvalue weighted by molar-refractivity contribution is 0.0642. The second-order valence-corrected chi connectivity index (χ2v) is 5.87. The van der Waals surface area contributed by atoms with Gasteiger partial charge in [0.25, 0.3) is 5.91 Å². The Hall–Kier alpha value is -1.03. The van der Waals surface area contributed by atoms with Crippen LogP contribution in [0, 0.1) is 0 Å². The Morgan fingerprint density at radius 2 is 2.32 bits per heavy atom. The normalized spacial score (nSPS) is 21.9. The Balaban J connectivity index is 1.82. The molecule has 3 rings (SSSR count). The number of piperidine rings is 1. The van der Waals surface area contributed by atoms with Crippen molar-refractivity contribution in [3.63, 3.8) is 0 Å². The second-order valence-electron chi connectivity index (χ2n) is 5.22. The Morgan fingerprint density at radius 1 is 1.42 bits per heavy atom. The first kappa shape index (κ1) is 13.0. The third-order valence-electron chi connectivity index (χ3n) is 4.00. The molecule has 0 aliphatic carbocycles. The highest BCUT2D eigenvalue weighted by Crippen LogP contribution is 2.28. The number of carbonyl (C=O) groups excluding carboxylic acids is 1. The molecule has 1 unspecified atom stereocenters. The second kappa shape index (κ2) is 5.53. The van der Waals surface area contributed by atoms with Crippen LogP contribution >= 0.6 is 15.9 Å². The van der Waals surface area contributed by atoms with Gasteiger partial charge in [-0.3, -0.25) is 4.79 Å². The lowest BCUT2D eigenvalue weighted by Crippen LogP contribution is -2.44. The fourth-order valence-corrected chi connectivity index (χ4v) is 3.59. The Kier molecular flexibility index (Phi) is 3.78. The van der Waals surface area contributed by atoms with Crippen LogP contribution in [0.25, 0.3) is 0 Å². The van der Waals surface area contributed by atoms with Gasteiger partial charge in [0.15, 0.2) is 0 Å². The van der Waals surface area contributed by atoms with Crippen LogP contribution in [0.3, 0.4) is 0 Å². The maximum Gasteiger partial charge on any atom is 0.254 e. The highest BCUT2D eigenvalue weighted by atomic mass is 79.9. The van der Waals surface area contributed by atoms with Gasteiger partial charge in [-0.2, -0.15) is 0 Å². The maximum atomic E-state index is 12.6. The van der Waals surface area contributed by atoms with Crippen LogP contribution in [0.5, 0.6) is 5.75 Å². The van der Waals surface area contributed by atoms with Crippen LogP contribution in [0.2, 0.25) is 0 Å². The third-order valence-corrected chi connectivity index (χ3v) is 4.75. The van der Waals surface area contributed by atoms with E-state index in [-0.39, 0.29) is 5.91 Å². The molecule has 19 heavy (non-hydrogen) atoms. The molecule has 0 N–H and O–H groups in total. The number of nitrogens with zero attached hydrogens (tertiary/aromatic N) is 1. The van der Waals surface area contributed by atoms with Gasteiger partial charge < -0.3 is 9.64 Å². The van der Waals surface area contributed by atoms with E-state index in [0.717, 1.165) is 49.1 Å². The van der Waals surface area contributed by atoms with Crippen molar-refractivity contribution in [2.75, 3.05) is 18.5 Å². The van der Waals surface area contributed by atoms with E-state index in [1.54, 1.807) is 0 Å². The number of alkyl halides is 1. The molecule has 3 nitrogen and oxygen atoms in total. The van der Waals surface area contributed by atoms with E-state index in [1.807, 2.05) is 23.1 Å². The van der Waals surface area contributed by atoms with Crippen LogP contribution in [0.15, 0.2) is 18.2 Å². The molecule has 0 aromatic heterocycles. The lowest BCUT2D eigenvalue weighted by atomic mass is 10.0. The average Bonchev–Trinajstić information content (AvgIpc) is 2.93. The molecule has 1 aromatic carbocycles. The van der Waals surface area contributed by atoms with Crippen molar-refractivity contribution in [2.45, 2.75) is 31.7 Å². The topological polar surface area (TPSA) is 29.5 Å². The molecule has 0 bridgehead atoms. The van der Waals surface area contributed by atoms with Crippen LogP contribution < -0.4 is 4.74 Å². The zero-order valence-electron chi connectivity index (χ0n) is 10.9. The van der Waals surface area contributed by atoms with Gasteiger partial charge in [0.05, 0.1) is 6.61 Å². The summed E-state index contributed by atoms with van der Waals surface area (Å²) < 4.78 is 5.49. The van der Waals surface area contributed by atoms with Crippen molar-refractivity contribution in [3.05, 3.63) is 29.3 Å². The summed E-state index contributed by atoms with van der Waals surface area (Å²) in [5, 5.41) is 0.868. The van der Waals surface area contributed by atoms with Crippen molar-refractivity contribution in [1.29, 1.82) is 0 Å². The van der Waals surface area contributed by atoms with E-state index in [4.69, 9.17) is 4.74 Å². The lowest BCUT2D eigenvalue weighted by Gasteiger charge is -2.34. The van der Waals surface area contributed by atoms with Crippen molar-refractivity contribution >= 4 is 21.8 Å². The summed E-state index contributed by atoms with van der Waals surface area (Å²) in [5.74, 6) is 1.10. The zero-order chi connectivity index (χ0) is 13.2. The molecule has 2 heterocycles. The van der Waals surface area contributed by atoms with Gasteiger partial charge in [-0.25, -0.2) is 0 Å². The van der Waals surface area contributed by atoms with Gasteiger partial charge in [-0.05, 0) is 43.0 Å². The smallest absolute Gasteiger partial charge is 0.254 e. The van der Waals surface area contributed by atoms with Gasteiger partial charge in [-0.1, -0.05) is 15.9 Å². The average molecular weight is 324 g/mol. The summed E-state index contributed by atoms with van der Waals surface area (Å²) in [5.41, 5.74) is 1.97. The molecule has 0 saturated carbocycles. The Labute approximate surface area is 122 Å². The number of hydrogen-bond acceptors (Lipinski definition) is 2. The van der Waals surface area contributed by atoms with Crippen molar-refractivity contribution in [1.82, 2.24) is 4.90 Å². The summed E-state index contributed by atoms with van der Waals surface area (Å²) in [6, 6.07) is 6.17. The number of amides is 1. The van der Waals surface area contributed by atoms with E-state index < -0.39 is 0 Å². The molecule has 2 aliphatic heterocycles. The predicted molar refractivity (Wildman–Crippen MR) is 78.1 cm³/mol. The highest BCUT2D eigenvalue weighted by Gasteiger charge is 2.27. The Morgan fingerprint density at radius 3 is 3.16 bits per heavy atom. The number of benzene rings is 1. The van der Waals surface area contributed by atoms with Crippen molar-refractivity contribution < 1.29 is 9.53 Å². The number of likely N-dealkylation sites (tertiary alicyclic amines) is 1. The largest absolute Gasteiger partial charge is 0.493 e. The number of fused-ring (bicyclic) bond motifs is 1. The first-order valence-electron chi connectivity index (χ1n) is 6.92. The molecule has 4 heteroatoms. The highest BCUT2D eigenvalue weighted by molar-refractivity contribution is 9.09. The summed E-state index contributed by atoms with van der Waals surface area (Å²) in [6.45, 7) is 1.61. The van der Waals surface area contributed by atoms with Crippen molar-refractivity contribution in [3.8, 4) is 5.75 Å². The number of rotatable bonds is 2. The number of ether oxygens (including phenoxy) is 1. The van der Waals surface area contributed by atoms with Crippen LogP contribution in [0.1, 0.15) is 35.2 Å². The zero-order valence-corrected chi connectivity index (χ0v) is 12.5.